The van der Waals surface area contributed by atoms with Crippen LogP contribution in [-0.4, -0.2) is 33.9 Å². The third kappa shape index (κ3) is 3.42. The smallest absolute Gasteiger partial charge is 0.256 e. The van der Waals surface area contributed by atoms with Crippen molar-refractivity contribution in [2.75, 3.05) is 18.4 Å². The van der Waals surface area contributed by atoms with Gasteiger partial charge < -0.3 is 10.2 Å². The number of anilines is 2. The molecule has 2 aromatic rings. The summed E-state index contributed by atoms with van der Waals surface area (Å²) in [6.45, 7) is 9.39. The number of hydrogen-bond acceptors (Lipinski definition) is 4. The van der Waals surface area contributed by atoms with Crippen LogP contribution in [0.5, 0.6) is 0 Å². The summed E-state index contributed by atoms with van der Waals surface area (Å²) < 4.78 is 0. The summed E-state index contributed by atoms with van der Waals surface area (Å²) in [4.78, 5) is 22.4. The zero-order chi connectivity index (χ0) is 16.1. The Bertz CT molecular complexity index is 648. The highest BCUT2D eigenvalue weighted by atomic mass is 16.2. The molecule has 0 saturated carbocycles. The van der Waals surface area contributed by atoms with Crippen molar-refractivity contribution in [2.45, 2.75) is 27.7 Å². The standard InChI is InChI=1S/C17H22N4O/c1-5-21(6-2)16(22)14-10-18-17(19-11-14)20-15-9-7-8-12(3)13(15)4/h7-11H,5-6H2,1-4H3,(H,18,19,20). The number of hydrogen-bond donors (Lipinski definition) is 1. The van der Waals surface area contributed by atoms with Gasteiger partial charge in [0, 0.05) is 31.2 Å². The van der Waals surface area contributed by atoms with Crippen LogP contribution in [0.3, 0.4) is 0 Å². The van der Waals surface area contributed by atoms with Gasteiger partial charge in [0.15, 0.2) is 0 Å². The Balaban J connectivity index is 2.15. The van der Waals surface area contributed by atoms with Gasteiger partial charge in [0.25, 0.3) is 5.91 Å². The second-order valence-corrected chi connectivity index (χ2v) is 5.15. The zero-order valence-corrected chi connectivity index (χ0v) is 13.6. The Kier molecular flexibility index (Phi) is 5.09. The molecule has 0 spiro atoms. The van der Waals surface area contributed by atoms with Crippen molar-refractivity contribution in [3.05, 3.63) is 47.3 Å². The van der Waals surface area contributed by atoms with Crippen LogP contribution in [0, 0.1) is 13.8 Å². The average Bonchev–Trinajstić information content (AvgIpc) is 2.53. The number of carbonyl (C=O) groups excluding carboxylic acids is 1. The normalized spacial score (nSPS) is 10.4. The van der Waals surface area contributed by atoms with Crippen molar-refractivity contribution in [1.29, 1.82) is 0 Å². The van der Waals surface area contributed by atoms with Crippen molar-refractivity contribution in [2.24, 2.45) is 0 Å². The third-order valence-corrected chi connectivity index (χ3v) is 3.80. The molecule has 1 aromatic carbocycles. The Morgan fingerprint density at radius 1 is 1.14 bits per heavy atom. The first kappa shape index (κ1) is 15.9. The van der Waals surface area contributed by atoms with E-state index in [1.54, 1.807) is 17.3 Å². The van der Waals surface area contributed by atoms with E-state index in [0.717, 1.165) is 11.3 Å². The van der Waals surface area contributed by atoms with E-state index in [9.17, 15) is 4.79 Å². The molecule has 0 aliphatic heterocycles. The number of nitrogens with zero attached hydrogens (tertiary/aromatic N) is 3. The minimum absolute atomic E-state index is 0.0386. The third-order valence-electron chi connectivity index (χ3n) is 3.80. The molecule has 1 aromatic heterocycles. The van der Waals surface area contributed by atoms with E-state index in [1.165, 1.54) is 5.56 Å². The maximum atomic E-state index is 12.2. The maximum absolute atomic E-state index is 12.2. The van der Waals surface area contributed by atoms with E-state index >= 15 is 0 Å². The molecule has 116 valence electrons. The van der Waals surface area contributed by atoms with Crippen LogP contribution in [0.15, 0.2) is 30.6 Å². The van der Waals surface area contributed by atoms with Crippen LogP contribution in [0.1, 0.15) is 35.3 Å². The lowest BCUT2D eigenvalue weighted by molar-refractivity contribution is 0.0772. The van der Waals surface area contributed by atoms with Gasteiger partial charge in [0.05, 0.1) is 5.56 Å². The van der Waals surface area contributed by atoms with Crippen molar-refractivity contribution < 1.29 is 4.79 Å². The molecule has 5 heteroatoms. The lowest BCUT2D eigenvalue weighted by Crippen LogP contribution is -2.30. The fourth-order valence-corrected chi connectivity index (χ4v) is 2.20. The number of nitrogens with one attached hydrogen (secondary N) is 1. The predicted molar refractivity (Wildman–Crippen MR) is 88.5 cm³/mol. The Morgan fingerprint density at radius 2 is 1.77 bits per heavy atom. The highest BCUT2D eigenvalue weighted by Crippen LogP contribution is 2.20. The van der Waals surface area contributed by atoms with E-state index in [2.05, 4.69) is 35.2 Å². The lowest BCUT2D eigenvalue weighted by Gasteiger charge is -2.18. The van der Waals surface area contributed by atoms with Gasteiger partial charge >= 0.3 is 0 Å². The van der Waals surface area contributed by atoms with E-state index < -0.39 is 0 Å². The molecule has 0 bridgehead atoms. The quantitative estimate of drug-likeness (QED) is 0.920. The molecule has 0 saturated heterocycles. The van der Waals surface area contributed by atoms with Crippen molar-refractivity contribution >= 4 is 17.5 Å². The fourth-order valence-electron chi connectivity index (χ4n) is 2.20. The van der Waals surface area contributed by atoms with Gasteiger partial charge in [-0.05, 0) is 44.9 Å². The van der Waals surface area contributed by atoms with Crippen molar-refractivity contribution in [1.82, 2.24) is 14.9 Å². The van der Waals surface area contributed by atoms with Crippen LogP contribution in [0.25, 0.3) is 0 Å². The number of aryl methyl sites for hydroxylation is 1. The molecule has 1 N–H and O–H groups in total. The van der Waals surface area contributed by atoms with Crippen LogP contribution >= 0.6 is 0 Å². The zero-order valence-electron chi connectivity index (χ0n) is 13.6. The summed E-state index contributed by atoms with van der Waals surface area (Å²) in [5, 5.41) is 3.19. The molecule has 0 fully saturated rings. The first-order valence-corrected chi connectivity index (χ1v) is 7.51. The number of amides is 1. The second-order valence-electron chi connectivity index (χ2n) is 5.15. The monoisotopic (exact) mass is 298 g/mol. The lowest BCUT2D eigenvalue weighted by atomic mass is 10.1. The Morgan fingerprint density at radius 3 is 2.36 bits per heavy atom. The topological polar surface area (TPSA) is 58.1 Å². The van der Waals surface area contributed by atoms with E-state index in [1.807, 2.05) is 26.0 Å². The largest absolute Gasteiger partial charge is 0.339 e. The van der Waals surface area contributed by atoms with Crippen LogP contribution in [0.2, 0.25) is 0 Å². The highest BCUT2D eigenvalue weighted by molar-refractivity contribution is 5.93. The minimum Gasteiger partial charge on any atom is -0.339 e. The van der Waals surface area contributed by atoms with Gasteiger partial charge in [-0.1, -0.05) is 12.1 Å². The van der Waals surface area contributed by atoms with Crippen molar-refractivity contribution in [3.8, 4) is 0 Å². The van der Waals surface area contributed by atoms with Crippen molar-refractivity contribution in [3.63, 3.8) is 0 Å². The number of rotatable bonds is 5. The molecule has 5 nitrogen and oxygen atoms in total. The molecule has 0 atom stereocenters. The van der Waals surface area contributed by atoms with Crippen LogP contribution < -0.4 is 5.32 Å². The molecule has 1 heterocycles. The van der Waals surface area contributed by atoms with Gasteiger partial charge in [0.2, 0.25) is 5.95 Å². The minimum atomic E-state index is -0.0386. The summed E-state index contributed by atoms with van der Waals surface area (Å²) in [7, 11) is 0. The summed E-state index contributed by atoms with van der Waals surface area (Å²) in [6.07, 6.45) is 3.14. The van der Waals surface area contributed by atoms with Crippen LogP contribution in [-0.2, 0) is 0 Å². The van der Waals surface area contributed by atoms with Gasteiger partial charge in [-0.15, -0.1) is 0 Å². The first-order valence-electron chi connectivity index (χ1n) is 7.51. The number of carbonyl (C=O) groups is 1. The van der Waals surface area contributed by atoms with Gasteiger partial charge in [-0.2, -0.15) is 0 Å². The maximum Gasteiger partial charge on any atom is 0.256 e. The van der Waals surface area contributed by atoms with Crippen LogP contribution in [0.4, 0.5) is 11.6 Å². The number of aromatic nitrogens is 2. The first-order chi connectivity index (χ1) is 10.6. The molecule has 0 aliphatic rings. The fraction of sp³-hybridized carbons (Fsp3) is 0.353. The molecule has 2 rings (SSSR count). The molecule has 22 heavy (non-hydrogen) atoms. The average molecular weight is 298 g/mol. The molecule has 0 unspecified atom stereocenters. The Labute approximate surface area is 131 Å². The second kappa shape index (κ2) is 7.02. The van der Waals surface area contributed by atoms with E-state index in [0.29, 0.717) is 24.6 Å². The molecular weight excluding hydrogens is 276 g/mol. The summed E-state index contributed by atoms with van der Waals surface area (Å²) in [6, 6.07) is 6.04. The molecular formula is C17H22N4O. The van der Waals surface area contributed by atoms with E-state index in [-0.39, 0.29) is 5.91 Å². The summed E-state index contributed by atoms with van der Waals surface area (Å²) >= 11 is 0. The van der Waals surface area contributed by atoms with Gasteiger partial charge in [-0.3, -0.25) is 4.79 Å². The summed E-state index contributed by atoms with van der Waals surface area (Å²) in [5.74, 6) is 0.452. The molecule has 1 amide bonds. The SMILES string of the molecule is CCN(CC)C(=O)c1cnc(Nc2cccc(C)c2C)nc1. The van der Waals surface area contributed by atoms with Gasteiger partial charge in [-0.25, -0.2) is 9.97 Å². The molecule has 0 aliphatic carbocycles. The summed E-state index contributed by atoms with van der Waals surface area (Å²) in [5.41, 5.74) is 3.85. The van der Waals surface area contributed by atoms with Gasteiger partial charge in [0.1, 0.15) is 0 Å². The highest BCUT2D eigenvalue weighted by Gasteiger charge is 2.13. The number of benzene rings is 1. The Hall–Kier alpha value is -2.43. The van der Waals surface area contributed by atoms with E-state index in [4.69, 9.17) is 0 Å². The molecule has 0 radical (unpaired) electrons. The predicted octanol–water partition coefficient (Wildman–Crippen LogP) is 3.32.